The lowest BCUT2D eigenvalue weighted by Gasteiger charge is -2.22. The Balaban J connectivity index is 3.05. The molecule has 0 saturated heterocycles. The highest BCUT2D eigenvalue weighted by molar-refractivity contribution is 5.57. The van der Waals surface area contributed by atoms with Gasteiger partial charge < -0.3 is 10.3 Å². The second-order valence-corrected chi connectivity index (χ2v) is 4.12. The summed E-state index contributed by atoms with van der Waals surface area (Å²) < 4.78 is 0. The van der Waals surface area contributed by atoms with E-state index in [0.717, 1.165) is 11.4 Å². The molecule has 0 amide bonds. The molecule has 0 radical (unpaired) electrons. The average molecular weight is 234 g/mol. The first-order valence-electron chi connectivity index (χ1n) is 5.42. The molecule has 0 bridgehead atoms. The molecule has 1 atom stereocenters. The van der Waals surface area contributed by atoms with Gasteiger partial charge in [0.25, 0.3) is 0 Å². The van der Waals surface area contributed by atoms with Gasteiger partial charge in [0.1, 0.15) is 17.5 Å². The van der Waals surface area contributed by atoms with Gasteiger partial charge in [-0.2, -0.15) is 5.26 Å². The molecule has 0 saturated carbocycles. The number of aromatic nitrogens is 2. The molecule has 1 unspecified atom stereocenters. The van der Waals surface area contributed by atoms with Crippen LogP contribution in [0.5, 0.6) is 0 Å². The van der Waals surface area contributed by atoms with Crippen LogP contribution in [0.25, 0.3) is 0 Å². The van der Waals surface area contributed by atoms with Gasteiger partial charge in [0.05, 0.1) is 12.0 Å². The van der Waals surface area contributed by atoms with Crippen molar-refractivity contribution >= 4 is 11.6 Å². The van der Waals surface area contributed by atoms with E-state index in [1.165, 1.54) is 0 Å². The fourth-order valence-electron chi connectivity index (χ4n) is 1.66. The van der Waals surface area contributed by atoms with E-state index in [1.54, 1.807) is 0 Å². The maximum absolute atomic E-state index is 8.81. The zero-order valence-corrected chi connectivity index (χ0v) is 10.7. The Morgan fingerprint density at radius 3 is 2.65 bits per heavy atom. The van der Waals surface area contributed by atoms with Crippen LogP contribution in [0.3, 0.4) is 0 Å². The van der Waals surface area contributed by atoms with E-state index < -0.39 is 0 Å². The topological polar surface area (TPSA) is 90.9 Å². The van der Waals surface area contributed by atoms with Gasteiger partial charge in [-0.1, -0.05) is 0 Å². The van der Waals surface area contributed by atoms with Crippen molar-refractivity contribution in [3.05, 3.63) is 11.4 Å². The molecule has 92 valence electrons. The van der Waals surface area contributed by atoms with Crippen LogP contribution in [0.2, 0.25) is 0 Å². The number of nitrogens with zero attached hydrogens (tertiary/aromatic N) is 4. The minimum absolute atomic E-state index is 0.0519. The molecule has 1 heterocycles. The standard InChI is InChI=1S/C11H18N6/c1-7(5-12)6-17(4)11-8(2)10(16-13)14-9(3)15-11/h7H,6,13H2,1-4H3,(H,14,15,16). The van der Waals surface area contributed by atoms with Gasteiger partial charge in [-0.15, -0.1) is 0 Å². The molecule has 0 aliphatic rings. The fraction of sp³-hybridized carbons (Fsp3) is 0.545. The zero-order chi connectivity index (χ0) is 13.0. The van der Waals surface area contributed by atoms with Crippen LogP contribution >= 0.6 is 0 Å². The molecular weight excluding hydrogens is 216 g/mol. The molecule has 0 aromatic carbocycles. The van der Waals surface area contributed by atoms with Crippen molar-refractivity contribution in [2.75, 3.05) is 23.9 Å². The normalized spacial score (nSPS) is 11.8. The molecule has 6 nitrogen and oxygen atoms in total. The van der Waals surface area contributed by atoms with Crippen LogP contribution in [-0.2, 0) is 0 Å². The minimum Gasteiger partial charge on any atom is -0.358 e. The number of rotatable bonds is 4. The predicted octanol–water partition coefficient (Wildman–Crippen LogP) is 0.975. The van der Waals surface area contributed by atoms with E-state index in [-0.39, 0.29) is 5.92 Å². The minimum atomic E-state index is -0.0519. The summed E-state index contributed by atoms with van der Waals surface area (Å²) in [5.74, 6) is 7.41. The maximum Gasteiger partial charge on any atom is 0.148 e. The number of aryl methyl sites for hydroxylation is 1. The smallest absolute Gasteiger partial charge is 0.148 e. The Labute approximate surface area is 101 Å². The third-order valence-electron chi connectivity index (χ3n) is 2.50. The van der Waals surface area contributed by atoms with E-state index in [9.17, 15) is 0 Å². The summed E-state index contributed by atoms with van der Waals surface area (Å²) in [6, 6.07) is 2.20. The monoisotopic (exact) mass is 234 g/mol. The summed E-state index contributed by atoms with van der Waals surface area (Å²) in [6.45, 7) is 6.21. The van der Waals surface area contributed by atoms with E-state index in [2.05, 4.69) is 21.5 Å². The molecule has 1 rings (SSSR count). The molecule has 6 heteroatoms. The summed E-state index contributed by atoms with van der Waals surface area (Å²) in [6.07, 6.45) is 0. The van der Waals surface area contributed by atoms with Gasteiger partial charge in [0.2, 0.25) is 0 Å². The van der Waals surface area contributed by atoms with Crippen LogP contribution in [0.15, 0.2) is 0 Å². The number of nitrogen functional groups attached to an aromatic ring is 1. The first-order valence-corrected chi connectivity index (χ1v) is 5.42. The SMILES string of the molecule is Cc1nc(NN)c(C)c(N(C)CC(C)C#N)n1. The molecule has 0 fully saturated rings. The largest absolute Gasteiger partial charge is 0.358 e. The summed E-state index contributed by atoms with van der Waals surface area (Å²) >= 11 is 0. The molecule has 1 aromatic heterocycles. The lowest BCUT2D eigenvalue weighted by atomic mass is 10.2. The van der Waals surface area contributed by atoms with Crippen LogP contribution in [-0.4, -0.2) is 23.6 Å². The highest BCUT2D eigenvalue weighted by atomic mass is 15.3. The van der Waals surface area contributed by atoms with Crippen molar-refractivity contribution in [2.24, 2.45) is 11.8 Å². The second kappa shape index (κ2) is 5.46. The number of nitriles is 1. The Bertz CT molecular complexity index is 436. The Hall–Kier alpha value is -1.87. The highest BCUT2D eigenvalue weighted by Gasteiger charge is 2.14. The highest BCUT2D eigenvalue weighted by Crippen LogP contribution is 2.22. The molecular formula is C11H18N6. The third-order valence-corrected chi connectivity index (χ3v) is 2.50. The van der Waals surface area contributed by atoms with E-state index in [1.807, 2.05) is 32.7 Å². The fourth-order valence-corrected chi connectivity index (χ4v) is 1.66. The number of nitrogens with two attached hydrogens (primary N) is 1. The first-order chi connectivity index (χ1) is 7.99. The third kappa shape index (κ3) is 3.04. The van der Waals surface area contributed by atoms with E-state index in [0.29, 0.717) is 18.2 Å². The number of nitrogens with one attached hydrogen (secondary N) is 1. The van der Waals surface area contributed by atoms with Gasteiger partial charge in [0.15, 0.2) is 0 Å². The van der Waals surface area contributed by atoms with Crippen molar-refractivity contribution in [3.8, 4) is 6.07 Å². The molecule has 17 heavy (non-hydrogen) atoms. The summed E-state index contributed by atoms with van der Waals surface area (Å²) in [5.41, 5.74) is 3.44. The van der Waals surface area contributed by atoms with Gasteiger partial charge in [-0.05, 0) is 20.8 Å². The first kappa shape index (κ1) is 13.2. The molecule has 1 aromatic rings. The van der Waals surface area contributed by atoms with E-state index >= 15 is 0 Å². The molecule has 0 spiro atoms. The van der Waals surface area contributed by atoms with Crippen LogP contribution < -0.4 is 16.2 Å². The van der Waals surface area contributed by atoms with Crippen molar-refractivity contribution < 1.29 is 0 Å². The number of hydrogen-bond acceptors (Lipinski definition) is 6. The van der Waals surface area contributed by atoms with Gasteiger partial charge in [-0.3, -0.25) is 0 Å². The number of hydrogen-bond donors (Lipinski definition) is 2. The zero-order valence-electron chi connectivity index (χ0n) is 10.7. The molecule has 3 N–H and O–H groups in total. The van der Waals surface area contributed by atoms with Gasteiger partial charge in [0, 0.05) is 19.2 Å². The quantitative estimate of drug-likeness (QED) is 0.596. The van der Waals surface area contributed by atoms with Crippen LogP contribution in [0.1, 0.15) is 18.3 Å². The maximum atomic E-state index is 8.81. The Morgan fingerprint density at radius 2 is 2.12 bits per heavy atom. The van der Waals surface area contributed by atoms with Crippen LogP contribution in [0.4, 0.5) is 11.6 Å². The predicted molar refractivity (Wildman–Crippen MR) is 67.4 cm³/mol. The Kier molecular flexibility index (Phi) is 4.24. The van der Waals surface area contributed by atoms with E-state index in [4.69, 9.17) is 11.1 Å². The van der Waals surface area contributed by atoms with Crippen molar-refractivity contribution in [3.63, 3.8) is 0 Å². The van der Waals surface area contributed by atoms with Crippen molar-refractivity contribution in [1.29, 1.82) is 5.26 Å². The summed E-state index contributed by atoms with van der Waals surface area (Å²) in [7, 11) is 1.91. The Morgan fingerprint density at radius 1 is 1.47 bits per heavy atom. The molecule has 0 aliphatic heterocycles. The van der Waals surface area contributed by atoms with Crippen molar-refractivity contribution in [1.82, 2.24) is 9.97 Å². The van der Waals surface area contributed by atoms with Crippen LogP contribution in [0, 0.1) is 31.1 Å². The number of hydrazine groups is 1. The second-order valence-electron chi connectivity index (χ2n) is 4.12. The average Bonchev–Trinajstić information content (AvgIpc) is 2.31. The van der Waals surface area contributed by atoms with Crippen molar-refractivity contribution in [2.45, 2.75) is 20.8 Å². The summed E-state index contributed by atoms with van der Waals surface area (Å²) in [4.78, 5) is 10.5. The molecule has 0 aliphatic carbocycles. The van der Waals surface area contributed by atoms with Gasteiger partial charge in [-0.25, -0.2) is 15.8 Å². The number of anilines is 2. The van der Waals surface area contributed by atoms with Gasteiger partial charge >= 0.3 is 0 Å². The lowest BCUT2D eigenvalue weighted by molar-refractivity contribution is 0.706. The lowest BCUT2D eigenvalue weighted by Crippen LogP contribution is -2.26. The summed E-state index contributed by atoms with van der Waals surface area (Å²) in [5, 5.41) is 8.81.